The smallest absolute Gasteiger partial charge is 0.352 e. The van der Waals surface area contributed by atoms with Gasteiger partial charge in [0.2, 0.25) is 11.8 Å². The summed E-state index contributed by atoms with van der Waals surface area (Å²) in [6.07, 6.45) is 3.12. The molecule has 2 aliphatic heterocycles. The summed E-state index contributed by atoms with van der Waals surface area (Å²) in [4.78, 5) is 50.1. The molecule has 15 heteroatoms. The van der Waals surface area contributed by atoms with Crippen LogP contribution in [0.5, 0.6) is 0 Å². The minimum atomic E-state index is -4.85. The molecule has 2 aromatic rings. The van der Waals surface area contributed by atoms with Crippen LogP contribution in [0.3, 0.4) is 0 Å². The van der Waals surface area contributed by atoms with Gasteiger partial charge in [-0.05, 0) is 5.56 Å². The van der Waals surface area contributed by atoms with Crippen molar-refractivity contribution in [2.75, 3.05) is 5.75 Å². The van der Waals surface area contributed by atoms with Gasteiger partial charge >= 0.3 is 5.97 Å². The summed E-state index contributed by atoms with van der Waals surface area (Å²) in [5.74, 6) is -3.53. The van der Waals surface area contributed by atoms with Crippen LogP contribution in [0.1, 0.15) is 21.2 Å². The van der Waals surface area contributed by atoms with Crippen LogP contribution in [-0.2, 0) is 31.0 Å². The maximum absolute atomic E-state index is 12.9. The molecule has 5 N–H and O–H groups in total. The Morgan fingerprint density at radius 2 is 1.78 bits per heavy atom. The molecule has 0 bridgehead atoms. The summed E-state index contributed by atoms with van der Waals surface area (Å²) in [7, 11) is -4.85. The van der Waals surface area contributed by atoms with Crippen LogP contribution in [0.2, 0.25) is 0 Å². The fourth-order valence-electron chi connectivity index (χ4n) is 4.07. The monoisotopic (exact) mass is 556 g/mol. The normalized spacial score (nSPS) is 19.7. The maximum atomic E-state index is 12.9. The zero-order valence-corrected chi connectivity index (χ0v) is 23.1. The number of β-lactam (4-membered cyclic amide) rings is 1. The van der Waals surface area contributed by atoms with Gasteiger partial charge in [-0.1, -0.05) is 30.3 Å². The predicted molar refractivity (Wildman–Crippen MR) is 131 cm³/mol. The van der Waals surface area contributed by atoms with E-state index in [1.807, 2.05) is 0 Å². The van der Waals surface area contributed by atoms with E-state index in [2.05, 4.69) is 5.32 Å². The third-order valence-electron chi connectivity index (χ3n) is 5.73. The minimum Gasteiger partial charge on any atom is -0.477 e. The van der Waals surface area contributed by atoms with E-state index in [1.54, 1.807) is 23.0 Å². The number of pyridine rings is 1. The molecular weight excluding hydrogens is 535 g/mol. The summed E-state index contributed by atoms with van der Waals surface area (Å²) in [5, 5.41) is 9.47. The standard InChI is InChI=1S/C22H20N4O8S2.Na/c23-18(27)13-6-8-25(9-7-13)10-14-11-35-21-15(20(29)26(21)16(14)22(30)31)24-19(28)17(36(32,33)34)12-4-2-1-3-5-12;/h1-9,15,17,21H,10-11H2,(H4-,23,24,27,28,30,31,32,33,34);/p+1/t15-,17-,21-;/m1./s1. The van der Waals surface area contributed by atoms with Gasteiger partial charge < -0.3 is 16.2 Å². The van der Waals surface area contributed by atoms with E-state index in [-0.39, 0.29) is 58.7 Å². The summed E-state index contributed by atoms with van der Waals surface area (Å²) in [6, 6.07) is 9.12. The number of nitrogens with zero attached hydrogens (tertiary/aromatic N) is 2. The summed E-state index contributed by atoms with van der Waals surface area (Å²) in [5.41, 5.74) is 5.73. The third-order valence-corrected chi connectivity index (χ3v) is 8.16. The second kappa shape index (κ2) is 11.3. The number of carbonyl (C=O) groups is 4. The third kappa shape index (κ3) is 5.89. The van der Waals surface area contributed by atoms with Crippen LogP contribution < -0.4 is 15.6 Å². The van der Waals surface area contributed by atoms with Gasteiger partial charge in [0.1, 0.15) is 17.1 Å². The van der Waals surface area contributed by atoms with Crippen molar-refractivity contribution >= 4 is 75.1 Å². The number of amides is 3. The average molecular weight is 557 g/mol. The maximum Gasteiger partial charge on any atom is 0.352 e. The Kier molecular flexibility index (Phi) is 8.82. The largest absolute Gasteiger partial charge is 0.477 e. The number of rotatable bonds is 8. The number of thioether (sulfide) groups is 1. The molecule has 1 fully saturated rings. The number of carboxylic acids is 1. The molecule has 2 aliphatic rings. The Hall–Kier alpha value is -2.75. The van der Waals surface area contributed by atoms with Crippen molar-refractivity contribution in [2.45, 2.75) is 23.2 Å². The van der Waals surface area contributed by atoms with Crippen molar-refractivity contribution in [3.63, 3.8) is 0 Å². The van der Waals surface area contributed by atoms with Crippen molar-refractivity contribution in [3.8, 4) is 0 Å². The summed E-state index contributed by atoms with van der Waals surface area (Å²) < 4.78 is 35.1. The fourth-order valence-corrected chi connectivity index (χ4v) is 6.24. The Morgan fingerprint density at radius 1 is 1.16 bits per heavy atom. The molecule has 3 amide bonds. The van der Waals surface area contributed by atoms with Gasteiger partial charge in [-0.25, -0.2) is 9.36 Å². The number of nitrogens with two attached hydrogens (primary N) is 1. The van der Waals surface area contributed by atoms with E-state index in [9.17, 15) is 37.3 Å². The Morgan fingerprint density at radius 3 is 2.32 bits per heavy atom. The van der Waals surface area contributed by atoms with E-state index >= 15 is 0 Å². The first-order valence-electron chi connectivity index (χ1n) is 10.5. The Balaban J connectivity index is 0.00000380. The van der Waals surface area contributed by atoms with Gasteiger partial charge in [0.25, 0.3) is 16.0 Å². The number of benzene rings is 1. The number of aromatic nitrogens is 1. The van der Waals surface area contributed by atoms with Gasteiger partial charge in [0, 0.05) is 53.0 Å². The molecule has 4 rings (SSSR count). The summed E-state index contributed by atoms with van der Waals surface area (Å²) in [6.45, 7) is 0.125. The number of carboxylic acid groups (broad SMARTS) is 1. The van der Waals surface area contributed by atoms with Gasteiger partial charge in [0.15, 0.2) is 24.2 Å². The van der Waals surface area contributed by atoms with Crippen LogP contribution >= 0.6 is 11.8 Å². The van der Waals surface area contributed by atoms with Crippen LogP contribution in [0.25, 0.3) is 0 Å². The number of nitrogens with one attached hydrogen (secondary N) is 1. The van der Waals surface area contributed by atoms with Gasteiger partial charge in [-0.15, -0.1) is 11.8 Å². The molecule has 0 saturated carbocycles. The van der Waals surface area contributed by atoms with Crippen LogP contribution in [0, 0.1) is 0 Å². The molecule has 189 valence electrons. The molecule has 0 unspecified atom stereocenters. The number of primary amides is 1. The van der Waals surface area contributed by atoms with Crippen molar-refractivity contribution in [3.05, 3.63) is 77.3 Å². The number of hydrogen-bond acceptors (Lipinski definition) is 7. The second-order valence-corrected chi connectivity index (χ2v) is 10.7. The number of fused-ring (bicyclic) bond motifs is 1. The van der Waals surface area contributed by atoms with Gasteiger partial charge in [-0.2, -0.15) is 8.42 Å². The first-order chi connectivity index (χ1) is 17.0. The zero-order valence-electron chi connectivity index (χ0n) is 19.5. The molecule has 1 aromatic heterocycles. The average Bonchev–Trinajstić information content (AvgIpc) is 2.82. The van der Waals surface area contributed by atoms with Gasteiger partial charge in [0.05, 0.1) is 5.56 Å². The second-order valence-electron chi connectivity index (χ2n) is 8.08. The number of aliphatic carboxylic acids is 1. The van der Waals surface area contributed by atoms with Crippen molar-refractivity contribution in [1.82, 2.24) is 10.2 Å². The molecule has 3 atom stereocenters. The first-order valence-corrected chi connectivity index (χ1v) is 13.0. The van der Waals surface area contributed by atoms with E-state index in [1.165, 1.54) is 48.2 Å². The van der Waals surface area contributed by atoms with Crippen molar-refractivity contribution in [1.29, 1.82) is 0 Å². The van der Waals surface area contributed by atoms with Crippen LogP contribution in [0.4, 0.5) is 0 Å². The van der Waals surface area contributed by atoms with Crippen molar-refractivity contribution < 1.29 is 41.8 Å². The topological polar surface area (TPSA) is 188 Å². The van der Waals surface area contributed by atoms with Crippen LogP contribution in [0.15, 0.2) is 66.1 Å². The molecule has 1 radical (unpaired) electrons. The molecule has 0 spiro atoms. The zero-order chi connectivity index (χ0) is 26.2. The quantitative estimate of drug-likeness (QED) is 0.138. The molecule has 3 heterocycles. The SMILES string of the molecule is NC(=O)c1cc[n+](CC2=C(C(=O)O)N3C(=O)[C@@H](NC(=O)[C@@H](c4ccccc4)S(=O)(=O)O)[C@H]3SC2)cc1.[Na]. The number of carbonyl (C=O) groups excluding carboxylic acids is 3. The molecule has 1 aromatic carbocycles. The first kappa shape index (κ1) is 28.8. The van der Waals surface area contributed by atoms with E-state index < -0.39 is 50.5 Å². The minimum absolute atomic E-state index is 0. The van der Waals surface area contributed by atoms with E-state index in [0.29, 0.717) is 5.57 Å². The Bertz CT molecular complexity index is 1380. The predicted octanol–water partition coefficient (Wildman–Crippen LogP) is -0.940. The Labute approximate surface area is 237 Å². The molecule has 0 aliphatic carbocycles. The molecule has 1 saturated heterocycles. The fraction of sp³-hybridized carbons (Fsp3) is 0.227. The van der Waals surface area contributed by atoms with Crippen molar-refractivity contribution in [2.24, 2.45) is 5.73 Å². The molecule has 12 nitrogen and oxygen atoms in total. The molecular formula is C22H21N4NaO8S2+. The number of hydrogen-bond donors (Lipinski definition) is 4. The molecule has 37 heavy (non-hydrogen) atoms. The van der Waals surface area contributed by atoms with Crippen LogP contribution in [-0.4, -0.2) is 93.4 Å². The van der Waals surface area contributed by atoms with Gasteiger partial charge in [-0.3, -0.25) is 23.8 Å². The van der Waals surface area contributed by atoms with E-state index in [0.717, 1.165) is 4.90 Å². The van der Waals surface area contributed by atoms with E-state index in [4.69, 9.17) is 5.73 Å². The summed E-state index contributed by atoms with van der Waals surface area (Å²) >= 11 is 1.21.